The van der Waals surface area contributed by atoms with Gasteiger partial charge in [0, 0.05) is 18.1 Å². The molecule has 0 aliphatic heterocycles. The van der Waals surface area contributed by atoms with Crippen LogP contribution in [0.4, 0.5) is 10.1 Å². The van der Waals surface area contributed by atoms with Gasteiger partial charge in [-0.15, -0.1) is 0 Å². The fourth-order valence-corrected chi connectivity index (χ4v) is 5.76. The van der Waals surface area contributed by atoms with E-state index in [1.54, 1.807) is 38.1 Å². The third kappa shape index (κ3) is 7.61. The molecular formula is C30H35ClFN3O4S. The summed E-state index contributed by atoms with van der Waals surface area (Å²) in [7, 11) is -4.20. The summed E-state index contributed by atoms with van der Waals surface area (Å²) in [6, 6.07) is 15.9. The van der Waals surface area contributed by atoms with E-state index in [4.69, 9.17) is 11.6 Å². The summed E-state index contributed by atoms with van der Waals surface area (Å²) in [5, 5.41) is 3.18. The summed E-state index contributed by atoms with van der Waals surface area (Å²) >= 11 is 6.36. The van der Waals surface area contributed by atoms with Crippen molar-refractivity contribution in [3.8, 4) is 0 Å². The van der Waals surface area contributed by atoms with Gasteiger partial charge in [0.05, 0.1) is 10.6 Å². The number of anilines is 1. The average molecular weight is 588 g/mol. The molecule has 0 saturated heterocycles. The minimum absolute atomic E-state index is 0.00968. The van der Waals surface area contributed by atoms with Crippen LogP contribution in [0, 0.1) is 19.7 Å². The molecule has 1 atom stereocenters. The molecule has 214 valence electrons. The molecule has 0 heterocycles. The number of aryl methyl sites for hydroxylation is 2. The molecule has 10 heteroatoms. The third-order valence-corrected chi connectivity index (χ3v) is 8.73. The quantitative estimate of drug-likeness (QED) is 0.298. The zero-order chi connectivity index (χ0) is 29.4. The van der Waals surface area contributed by atoms with E-state index in [0.29, 0.717) is 30.0 Å². The highest BCUT2D eigenvalue weighted by Gasteiger charge is 2.33. The highest BCUT2D eigenvalue weighted by atomic mass is 35.5. The monoisotopic (exact) mass is 587 g/mol. The van der Waals surface area contributed by atoms with Gasteiger partial charge in [-0.1, -0.05) is 61.3 Å². The number of nitrogens with one attached hydrogen (secondary N) is 1. The number of carbonyl (C=O) groups excluding carboxylic acids is 2. The fraction of sp³-hybridized carbons (Fsp3) is 0.333. The molecule has 0 unspecified atom stereocenters. The maximum absolute atomic E-state index is 14.0. The lowest BCUT2D eigenvalue weighted by Gasteiger charge is -2.33. The molecule has 0 spiro atoms. The van der Waals surface area contributed by atoms with Gasteiger partial charge in [-0.25, -0.2) is 12.8 Å². The zero-order valence-corrected chi connectivity index (χ0v) is 24.7. The van der Waals surface area contributed by atoms with E-state index in [0.717, 1.165) is 15.4 Å². The number of hydrogen-bond acceptors (Lipinski definition) is 4. The van der Waals surface area contributed by atoms with Crippen molar-refractivity contribution in [3.63, 3.8) is 0 Å². The van der Waals surface area contributed by atoms with Crippen molar-refractivity contribution in [3.05, 3.63) is 94.3 Å². The fourth-order valence-electron chi connectivity index (χ4n) is 4.18. The van der Waals surface area contributed by atoms with Gasteiger partial charge in [-0.2, -0.15) is 0 Å². The molecule has 40 heavy (non-hydrogen) atoms. The first-order valence-electron chi connectivity index (χ1n) is 13.1. The Morgan fingerprint density at radius 3 is 2.20 bits per heavy atom. The minimum Gasteiger partial charge on any atom is -0.354 e. The Bertz CT molecular complexity index is 1430. The Morgan fingerprint density at radius 2 is 1.62 bits per heavy atom. The molecule has 2 amide bonds. The van der Waals surface area contributed by atoms with Crippen LogP contribution in [-0.2, 0) is 26.2 Å². The Balaban J connectivity index is 2.07. The first-order chi connectivity index (χ1) is 19.0. The Kier molecular flexibility index (Phi) is 10.7. The van der Waals surface area contributed by atoms with Crippen LogP contribution in [0.2, 0.25) is 5.02 Å². The van der Waals surface area contributed by atoms with Crippen LogP contribution in [-0.4, -0.2) is 44.3 Å². The molecule has 3 rings (SSSR count). The van der Waals surface area contributed by atoms with Crippen molar-refractivity contribution in [2.75, 3.05) is 17.4 Å². The first-order valence-corrected chi connectivity index (χ1v) is 15.0. The van der Waals surface area contributed by atoms with E-state index in [2.05, 4.69) is 5.32 Å². The van der Waals surface area contributed by atoms with Crippen LogP contribution in [0.5, 0.6) is 0 Å². The number of rotatable bonds is 12. The van der Waals surface area contributed by atoms with Crippen molar-refractivity contribution < 1.29 is 22.4 Å². The molecule has 3 aromatic carbocycles. The number of nitrogens with zero attached hydrogens (tertiary/aromatic N) is 2. The molecule has 7 nitrogen and oxygen atoms in total. The second kappa shape index (κ2) is 13.8. The summed E-state index contributed by atoms with van der Waals surface area (Å²) in [5.41, 5.74) is 2.45. The van der Waals surface area contributed by atoms with Crippen LogP contribution in [0.25, 0.3) is 0 Å². The Hall–Kier alpha value is -3.43. The van der Waals surface area contributed by atoms with Crippen LogP contribution < -0.4 is 9.62 Å². The second-order valence-electron chi connectivity index (χ2n) is 9.62. The molecule has 0 aliphatic rings. The van der Waals surface area contributed by atoms with Crippen LogP contribution >= 0.6 is 11.6 Å². The molecule has 0 radical (unpaired) electrons. The summed E-state index contributed by atoms with van der Waals surface area (Å²) in [4.78, 5) is 28.5. The van der Waals surface area contributed by atoms with Gasteiger partial charge in [-0.05, 0) is 74.2 Å². The number of halogens is 2. The van der Waals surface area contributed by atoms with Crippen molar-refractivity contribution in [2.45, 2.75) is 58.0 Å². The second-order valence-corrected chi connectivity index (χ2v) is 11.9. The smallest absolute Gasteiger partial charge is 0.264 e. The van der Waals surface area contributed by atoms with Gasteiger partial charge in [0.25, 0.3) is 10.0 Å². The molecule has 0 aromatic heterocycles. The maximum Gasteiger partial charge on any atom is 0.264 e. The zero-order valence-electron chi connectivity index (χ0n) is 23.2. The Labute approximate surface area is 241 Å². The van der Waals surface area contributed by atoms with E-state index in [1.807, 2.05) is 13.8 Å². The Morgan fingerprint density at radius 1 is 0.975 bits per heavy atom. The van der Waals surface area contributed by atoms with Gasteiger partial charge in [0.2, 0.25) is 11.8 Å². The lowest BCUT2D eigenvalue weighted by Crippen LogP contribution is -2.52. The van der Waals surface area contributed by atoms with Crippen molar-refractivity contribution in [1.82, 2.24) is 10.2 Å². The van der Waals surface area contributed by atoms with Crippen molar-refractivity contribution in [1.29, 1.82) is 0 Å². The molecule has 3 aromatic rings. The average Bonchev–Trinajstić information content (AvgIpc) is 2.93. The lowest BCUT2D eigenvalue weighted by atomic mass is 10.1. The summed E-state index contributed by atoms with van der Waals surface area (Å²) < 4.78 is 42.4. The van der Waals surface area contributed by atoms with E-state index < -0.39 is 34.3 Å². The predicted octanol–water partition coefficient (Wildman–Crippen LogP) is 5.62. The first kappa shape index (κ1) is 31.1. The van der Waals surface area contributed by atoms with Gasteiger partial charge in [0.1, 0.15) is 18.4 Å². The van der Waals surface area contributed by atoms with Crippen LogP contribution in [0.1, 0.15) is 43.4 Å². The van der Waals surface area contributed by atoms with E-state index >= 15 is 0 Å². The number of benzene rings is 3. The van der Waals surface area contributed by atoms with Crippen LogP contribution in [0.3, 0.4) is 0 Å². The standard InChI is InChI=1S/C30H35ClFN3O4S/c1-5-17-33-30(37)28(6-2)34(19-23-10-12-24(32)13-11-23)29(36)20-35(25-14-9-22(4)27(31)18-25)40(38,39)26-15-7-21(3)8-16-26/h7-16,18,28H,5-6,17,19-20H2,1-4H3,(H,33,37)/t28-/m1/s1. The van der Waals surface area contributed by atoms with Crippen molar-refractivity contribution in [2.24, 2.45) is 0 Å². The van der Waals surface area contributed by atoms with E-state index in [-0.39, 0.29) is 23.0 Å². The summed E-state index contributed by atoms with van der Waals surface area (Å²) in [6.07, 6.45) is 1.01. The van der Waals surface area contributed by atoms with Gasteiger partial charge in [-0.3, -0.25) is 13.9 Å². The molecule has 1 N–H and O–H groups in total. The summed E-state index contributed by atoms with van der Waals surface area (Å²) in [6.45, 7) is 7.19. The van der Waals surface area contributed by atoms with Crippen molar-refractivity contribution >= 4 is 39.1 Å². The lowest BCUT2D eigenvalue weighted by molar-refractivity contribution is -0.140. The minimum atomic E-state index is -4.20. The van der Waals surface area contributed by atoms with Crippen LogP contribution in [0.15, 0.2) is 71.6 Å². The van der Waals surface area contributed by atoms with Gasteiger partial charge < -0.3 is 10.2 Å². The van der Waals surface area contributed by atoms with E-state index in [1.165, 1.54) is 47.4 Å². The van der Waals surface area contributed by atoms with Gasteiger partial charge in [0.15, 0.2) is 0 Å². The topological polar surface area (TPSA) is 86.8 Å². The van der Waals surface area contributed by atoms with Gasteiger partial charge >= 0.3 is 0 Å². The molecule has 0 bridgehead atoms. The third-order valence-electron chi connectivity index (χ3n) is 6.53. The number of carbonyl (C=O) groups is 2. The molecule has 0 fully saturated rings. The highest BCUT2D eigenvalue weighted by molar-refractivity contribution is 7.92. The molecule has 0 saturated carbocycles. The maximum atomic E-state index is 14.0. The molecule has 0 aliphatic carbocycles. The number of hydrogen-bond donors (Lipinski definition) is 1. The number of amides is 2. The largest absolute Gasteiger partial charge is 0.354 e. The molecular weight excluding hydrogens is 553 g/mol. The van der Waals surface area contributed by atoms with E-state index in [9.17, 15) is 22.4 Å². The summed E-state index contributed by atoms with van der Waals surface area (Å²) in [5.74, 6) is -1.36. The highest BCUT2D eigenvalue weighted by Crippen LogP contribution is 2.29. The number of sulfonamides is 1. The SMILES string of the molecule is CCCNC(=O)[C@@H](CC)N(Cc1ccc(F)cc1)C(=O)CN(c1ccc(C)c(Cl)c1)S(=O)(=O)c1ccc(C)cc1. The normalized spacial score (nSPS) is 12.1. The predicted molar refractivity (Wildman–Crippen MR) is 156 cm³/mol.